The molecule has 1 aliphatic heterocycles. The molecule has 2 aromatic rings. The zero-order valence-electron chi connectivity index (χ0n) is 17.5. The molecule has 0 unspecified atom stereocenters. The van der Waals surface area contributed by atoms with Crippen molar-refractivity contribution in [1.29, 1.82) is 0 Å². The van der Waals surface area contributed by atoms with Crippen molar-refractivity contribution in [2.75, 3.05) is 18.7 Å². The second kappa shape index (κ2) is 7.85. The summed E-state index contributed by atoms with van der Waals surface area (Å²) in [5, 5.41) is 2.08. The Morgan fingerprint density at radius 1 is 1.28 bits per heavy atom. The molecule has 0 spiro atoms. The average molecular weight is 401 g/mol. The third kappa shape index (κ3) is 3.59. The lowest BCUT2D eigenvalue weighted by Crippen LogP contribution is -2.50. The molecule has 1 fully saturated rings. The number of aryl methyl sites for hydroxylation is 1. The van der Waals surface area contributed by atoms with Crippen LogP contribution in [-0.2, 0) is 25.5 Å². The van der Waals surface area contributed by atoms with E-state index in [9.17, 15) is 14.4 Å². The number of aromatic nitrogens is 2. The summed E-state index contributed by atoms with van der Waals surface area (Å²) in [6.45, 7) is 7.38. The fourth-order valence-corrected chi connectivity index (χ4v) is 3.80. The van der Waals surface area contributed by atoms with Gasteiger partial charge in [0, 0.05) is 13.3 Å². The molecule has 8 nitrogen and oxygen atoms in total. The van der Waals surface area contributed by atoms with Crippen molar-refractivity contribution in [2.45, 2.75) is 52.2 Å². The van der Waals surface area contributed by atoms with Gasteiger partial charge in [0.1, 0.15) is 11.9 Å². The molecule has 0 saturated carbocycles. The molecular weight excluding hydrogens is 374 g/mol. The van der Waals surface area contributed by atoms with Crippen molar-refractivity contribution >= 4 is 22.8 Å². The van der Waals surface area contributed by atoms with Crippen LogP contribution in [0.1, 0.15) is 39.9 Å². The first-order valence-electron chi connectivity index (χ1n) is 9.80. The van der Waals surface area contributed by atoms with Gasteiger partial charge >= 0.3 is 11.9 Å². The lowest BCUT2D eigenvalue weighted by atomic mass is 9.94. The van der Waals surface area contributed by atoms with Gasteiger partial charge in [0.15, 0.2) is 0 Å². The van der Waals surface area contributed by atoms with E-state index < -0.39 is 23.6 Å². The minimum atomic E-state index is -1.25. The molecule has 0 aliphatic carbocycles. The molecule has 156 valence electrons. The monoisotopic (exact) mass is 401 g/mol. The molecule has 2 atom stereocenters. The van der Waals surface area contributed by atoms with Crippen LogP contribution in [0.3, 0.4) is 0 Å². The number of esters is 2. The molecule has 2 heterocycles. The summed E-state index contributed by atoms with van der Waals surface area (Å²) in [6, 6.07) is 7.10. The van der Waals surface area contributed by atoms with Gasteiger partial charge in [-0.15, -0.1) is 0 Å². The summed E-state index contributed by atoms with van der Waals surface area (Å²) in [6.07, 6.45) is 0.217. The van der Waals surface area contributed by atoms with E-state index in [-0.39, 0.29) is 18.0 Å². The molecule has 3 rings (SSSR count). The Hall–Kier alpha value is -2.90. The molecular formula is C21H27N3O5. The van der Waals surface area contributed by atoms with Crippen LogP contribution in [-0.4, -0.2) is 46.9 Å². The Morgan fingerprint density at radius 2 is 1.97 bits per heavy atom. The van der Waals surface area contributed by atoms with Gasteiger partial charge in [0.2, 0.25) is 5.54 Å². The number of carbonyl (C=O) groups is 2. The van der Waals surface area contributed by atoms with Crippen LogP contribution in [0.25, 0.3) is 10.9 Å². The molecule has 1 saturated heterocycles. The van der Waals surface area contributed by atoms with Gasteiger partial charge in [-0.3, -0.25) is 14.6 Å². The highest BCUT2D eigenvalue weighted by molar-refractivity contribution is 5.90. The Labute approximate surface area is 169 Å². The number of hydrogen-bond donors (Lipinski definition) is 0. The molecule has 1 aromatic heterocycles. The number of benzene rings is 1. The van der Waals surface area contributed by atoms with Crippen molar-refractivity contribution in [2.24, 2.45) is 5.92 Å². The lowest BCUT2D eigenvalue weighted by molar-refractivity contribution is -0.156. The van der Waals surface area contributed by atoms with E-state index in [1.165, 1.54) is 18.7 Å². The van der Waals surface area contributed by atoms with Crippen molar-refractivity contribution in [3.63, 3.8) is 0 Å². The normalized spacial score (nSPS) is 19.3. The Balaban J connectivity index is 2.16. The van der Waals surface area contributed by atoms with Crippen LogP contribution < -0.4 is 10.6 Å². The van der Waals surface area contributed by atoms with Gasteiger partial charge in [0.05, 0.1) is 24.6 Å². The summed E-state index contributed by atoms with van der Waals surface area (Å²) in [7, 11) is 1.29. The predicted molar refractivity (Wildman–Crippen MR) is 108 cm³/mol. The zero-order chi connectivity index (χ0) is 21.3. The van der Waals surface area contributed by atoms with E-state index in [2.05, 4.69) is 4.98 Å². The minimum absolute atomic E-state index is 0.167. The summed E-state index contributed by atoms with van der Waals surface area (Å²) in [5.74, 6) is -0.317. The minimum Gasteiger partial charge on any atom is -0.467 e. The molecule has 29 heavy (non-hydrogen) atoms. The Bertz CT molecular complexity index is 999. The quantitative estimate of drug-likeness (QED) is 0.516. The summed E-state index contributed by atoms with van der Waals surface area (Å²) >= 11 is 0. The van der Waals surface area contributed by atoms with Gasteiger partial charge in [-0.1, -0.05) is 32.9 Å². The van der Waals surface area contributed by atoms with Gasteiger partial charge < -0.3 is 9.47 Å². The number of para-hydroxylation sites is 1. The maximum absolute atomic E-state index is 13.3. The van der Waals surface area contributed by atoms with Gasteiger partial charge in [-0.25, -0.2) is 14.5 Å². The molecule has 1 aliphatic rings. The number of hydrogen-bond acceptors (Lipinski definition) is 7. The van der Waals surface area contributed by atoms with E-state index in [1.54, 1.807) is 23.2 Å². The van der Waals surface area contributed by atoms with E-state index in [0.717, 1.165) is 0 Å². The number of methoxy groups -OCH3 is 1. The summed E-state index contributed by atoms with van der Waals surface area (Å²) < 4.78 is 12.1. The van der Waals surface area contributed by atoms with Gasteiger partial charge in [-0.2, -0.15) is 0 Å². The highest BCUT2D eigenvalue weighted by Crippen LogP contribution is 2.39. The molecule has 1 aromatic carbocycles. The van der Waals surface area contributed by atoms with Crippen LogP contribution in [0.4, 0.5) is 0 Å². The number of carbonyl (C=O) groups excluding carboxylic acids is 2. The smallest absolute Gasteiger partial charge is 0.339 e. The van der Waals surface area contributed by atoms with Crippen molar-refractivity contribution in [1.82, 2.24) is 9.66 Å². The average Bonchev–Trinajstić information content (AvgIpc) is 3.42. The molecule has 0 amide bonds. The van der Waals surface area contributed by atoms with Crippen LogP contribution in [0.15, 0.2) is 29.1 Å². The SMILES string of the molecule is CCc1nc2ccccc2c(=O)n1N1C[C@@]1(C(=O)OC)[C@H](CC(C)C)OC(C)=O. The first-order chi connectivity index (χ1) is 13.8. The fourth-order valence-electron chi connectivity index (χ4n) is 3.80. The standard InChI is InChI=1S/C21H27N3O5/c1-6-18-22-16-10-8-7-9-15(16)19(26)24(18)23-12-21(23,20(27)28-5)17(11-13(2)3)29-14(4)25/h7-10,13,17H,6,11-12H2,1-5H3/t17-,21-,23?/m0/s1. The molecule has 8 heteroatoms. The number of rotatable bonds is 7. The number of nitrogens with zero attached hydrogens (tertiary/aromatic N) is 3. The van der Waals surface area contributed by atoms with Crippen LogP contribution in [0, 0.1) is 5.92 Å². The highest BCUT2D eigenvalue weighted by Gasteiger charge is 2.67. The fraction of sp³-hybridized carbons (Fsp3) is 0.524. The largest absolute Gasteiger partial charge is 0.467 e. The maximum atomic E-state index is 13.3. The molecule has 0 bridgehead atoms. The van der Waals surface area contributed by atoms with Crippen LogP contribution in [0.2, 0.25) is 0 Å². The third-order valence-corrected chi connectivity index (χ3v) is 5.19. The lowest BCUT2D eigenvalue weighted by Gasteiger charge is -2.28. The Morgan fingerprint density at radius 3 is 2.55 bits per heavy atom. The first kappa shape index (κ1) is 20.8. The van der Waals surface area contributed by atoms with E-state index >= 15 is 0 Å². The zero-order valence-corrected chi connectivity index (χ0v) is 17.5. The second-order valence-electron chi connectivity index (χ2n) is 7.72. The van der Waals surface area contributed by atoms with Crippen LogP contribution in [0.5, 0.6) is 0 Å². The third-order valence-electron chi connectivity index (χ3n) is 5.19. The summed E-state index contributed by atoms with van der Waals surface area (Å²) in [5.41, 5.74) is -0.901. The number of fused-ring (bicyclic) bond motifs is 1. The Kier molecular flexibility index (Phi) is 5.64. The summed E-state index contributed by atoms with van der Waals surface area (Å²) in [4.78, 5) is 42.5. The topological polar surface area (TPSA) is 90.5 Å². The number of ether oxygens (including phenoxy) is 2. The predicted octanol–water partition coefficient (Wildman–Crippen LogP) is 1.80. The van der Waals surface area contributed by atoms with Crippen LogP contribution >= 0.6 is 0 Å². The van der Waals surface area contributed by atoms with Crippen molar-refractivity contribution in [3.05, 3.63) is 40.4 Å². The maximum Gasteiger partial charge on any atom is 0.339 e. The van der Waals surface area contributed by atoms with E-state index in [4.69, 9.17) is 9.47 Å². The van der Waals surface area contributed by atoms with Gasteiger partial charge in [0.25, 0.3) is 5.56 Å². The van der Waals surface area contributed by atoms with Crippen molar-refractivity contribution in [3.8, 4) is 0 Å². The van der Waals surface area contributed by atoms with E-state index in [1.807, 2.05) is 26.8 Å². The van der Waals surface area contributed by atoms with E-state index in [0.29, 0.717) is 29.6 Å². The first-order valence-corrected chi connectivity index (χ1v) is 9.80. The highest BCUT2D eigenvalue weighted by atomic mass is 16.6. The second-order valence-corrected chi connectivity index (χ2v) is 7.72. The molecule has 0 radical (unpaired) electrons. The van der Waals surface area contributed by atoms with Gasteiger partial charge in [-0.05, 0) is 24.5 Å². The van der Waals surface area contributed by atoms with Crippen molar-refractivity contribution < 1.29 is 19.1 Å². The molecule has 0 N–H and O–H groups in total.